The van der Waals surface area contributed by atoms with Crippen molar-refractivity contribution in [2.75, 3.05) is 0 Å². The van der Waals surface area contributed by atoms with Crippen molar-refractivity contribution in [1.29, 1.82) is 0 Å². The Morgan fingerprint density at radius 2 is 1.81 bits per heavy atom. The third kappa shape index (κ3) is 2.40. The number of nitrogens with zero attached hydrogens (tertiary/aromatic N) is 2. The van der Waals surface area contributed by atoms with Crippen LogP contribution in [-0.4, -0.2) is 4.40 Å². The Morgan fingerprint density at radius 1 is 1.05 bits per heavy atom. The lowest BCUT2D eigenvalue weighted by Gasteiger charge is -2.06. The average molecular weight is 281 g/mol. The minimum absolute atomic E-state index is 0.591. The van der Waals surface area contributed by atoms with Crippen molar-refractivity contribution in [2.45, 2.75) is 33.9 Å². The first-order chi connectivity index (χ1) is 10.2. The molecule has 0 unspecified atom stereocenters. The van der Waals surface area contributed by atoms with Crippen LogP contribution in [0.3, 0.4) is 0 Å². The van der Waals surface area contributed by atoms with E-state index in [1.54, 1.807) is 0 Å². The summed E-state index contributed by atoms with van der Waals surface area (Å²) in [6.07, 6.45) is 2.10. The summed E-state index contributed by atoms with van der Waals surface area (Å²) in [6, 6.07) is 14.4. The van der Waals surface area contributed by atoms with Crippen LogP contribution in [0, 0.1) is 13.8 Å². The summed E-state index contributed by atoms with van der Waals surface area (Å²) in [5.41, 5.74) is 4.86. The first-order valence-corrected chi connectivity index (χ1v) is 7.39. The average Bonchev–Trinajstić information content (AvgIpc) is 2.78. The van der Waals surface area contributed by atoms with Crippen LogP contribution in [0.2, 0.25) is 0 Å². The Kier molecular flexibility index (Phi) is 3.65. The number of ether oxygens (including phenoxy) is 1. The molecule has 0 aliphatic carbocycles. The fourth-order valence-corrected chi connectivity index (χ4v) is 2.78. The third-order valence-electron chi connectivity index (χ3n) is 4.03. The predicted molar refractivity (Wildman–Crippen MR) is 83.5 cm³/mol. The highest BCUT2D eigenvalue weighted by molar-refractivity contribution is 5.51. The Balaban J connectivity index is 2.01. The summed E-state index contributed by atoms with van der Waals surface area (Å²) < 4.78 is 10.6. The zero-order valence-electron chi connectivity index (χ0n) is 12.8. The second kappa shape index (κ2) is 5.60. The Bertz CT molecular complexity index is 760. The molecular weight excluding hydrogens is 260 g/mol. The number of imidazole rings is 1. The summed E-state index contributed by atoms with van der Waals surface area (Å²) in [5.74, 6) is 0.930. The molecular formula is C18H21N2O+. The lowest BCUT2D eigenvalue weighted by atomic mass is 10.2. The lowest BCUT2D eigenvalue weighted by molar-refractivity contribution is -0.673. The number of pyridine rings is 1. The molecule has 21 heavy (non-hydrogen) atoms. The smallest absolute Gasteiger partial charge is 0.329 e. The monoisotopic (exact) mass is 281 g/mol. The quantitative estimate of drug-likeness (QED) is 0.670. The van der Waals surface area contributed by atoms with E-state index in [2.05, 4.69) is 48.1 Å². The number of fused-ring (bicyclic) bond motifs is 1. The summed E-state index contributed by atoms with van der Waals surface area (Å²) in [7, 11) is 0. The molecule has 3 heteroatoms. The van der Waals surface area contributed by atoms with Gasteiger partial charge in [0, 0.05) is 13.8 Å². The normalized spacial score (nSPS) is 11.0. The first-order valence-electron chi connectivity index (χ1n) is 7.39. The maximum atomic E-state index is 6.07. The van der Waals surface area contributed by atoms with Crippen LogP contribution in [0.5, 0.6) is 5.75 Å². The molecule has 0 bridgehead atoms. The third-order valence-corrected chi connectivity index (χ3v) is 4.03. The molecule has 0 amide bonds. The van der Waals surface area contributed by atoms with Gasteiger partial charge in [0.05, 0.1) is 12.7 Å². The molecule has 0 spiro atoms. The minimum Gasteiger partial charge on any atom is -0.481 e. The van der Waals surface area contributed by atoms with Crippen LogP contribution >= 0.6 is 0 Å². The van der Waals surface area contributed by atoms with Gasteiger partial charge in [-0.25, -0.2) is 4.57 Å². The highest BCUT2D eigenvalue weighted by atomic mass is 16.5. The van der Waals surface area contributed by atoms with Crippen molar-refractivity contribution in [3.05, 3.63) is 65.6 Å². The second-order valence-corrected chi connectivity index (χ2v) is 5.26. The second-order valence-electron chi connectivity index (χ2n) is 5.26. The molecule has 0 saturated heterocycles. The van der Waals surface area contributed by atoms with E-state index in [1.165, 1.54) is 17.0 Å². The van der Waals surface area contributed by atoms with Gasteiger partial charge in [-0.2, -0.15) is 4.40 Å². The van der Waals surface area contributed by atoms with Crippen LogP contribution in [0.1, 0.15) is 23.9 Å². The molecule has 3 rings (SSSR count). The van der Waals surface area contributed by atoms with Crippen LogP contribution in [0.15, 0.2) is 48.7 Å². The zero-order valence-corrected chi connectivity index (χ0v) is 12.8. The highest BCUT2D eigenvalue weighted by Gasteiger charge is 2.22. The van der Waals surface area contributed by atoms with Gasteiger partial charge < -0.3 is 4.74 Å². The molecule has 2 heterocycles. The molecule has 3 aromatic rings. The SMILES string of the molecule is CC[n+]1c(C)c(C)n2cccc(OCc3ccccc3)c21. The fourth-order valence-electron chi connectivity index (χ4n) is 2.78. The summed E-state index contributed by atoms with van der Waals surface area (Å²) in [5, 5.41) is 0. The topological polar surface area (TPSA) is 17.5 Å². The van der Waals surface area contributed by atoms with Gasteiger partial charge in [-0.1, -0.05) is 30.3 Å². The van der Waals surface area contributed by atoms with Crippen LogP contribution < -0.4 is 9.30 Å². The van der Waals surface area contributed by atoms with Crippen LogP contribution in [-0.2, 0) is 13.2 Å². The van der Waals surface area contributed by atoms with Gasteiger partial charge in [-0.05, 0) is 24.6 Å². The summed E-state index contributed by atoms with van der Waals surface area (Å²) >= 11 is 0. The van der Waals surface area contributed by atoms with Crippen molar-refractivity contribution in [3.8, 4) is 5.75 Å². The minimum atomic E-state index is 0.591. The van der Waals surface area contributed by atoms with Crippen molar-refractivity contribution >= 4 is 5.65 Å². The van der Waals surface area contributed by atoms with Gasteiger partial charge in [-0.3, -0.25) is 0 Å². The highest BCUT2D eigenvalue weighted by Crippen LogP contribution is 2.21. The predicted octanol–water partition coefficient (Wildman–Crippen LogP) is 3.44. The van der Waals surface area contributed by atoms with E-state index < -0.39 is 0 Å². The van der Waals surface area contributed by atoms with Gasteiger partial charge in [0.1, 0.15) is 18.0 Å². The zero-order chi connectivity index (χ0) is 14.8. The van der Waals surface area contributed by atoms with E-state index in [9.17, 15) is 0 Å². The molecule has 0 atom stereocenters. The van der Waals surface area contributed by atoms with E-state index in [0.717, 1.165) is 17.9 Å². The Morgan fingerprint density at radius 3 is 2.52 bits per heavy atom. The van der Waals surface area contributed by atoms with Crippen LogP contribution in [0.25, 0.3) is 5.65 Å². The molecule has 1 aromatic carbocycles. The summed E-state index contributed by atoms with van der Waals surface area (Å²) in [6.45, 7) is 8.01. The lowest BCUT2D eigenvalue weighted by Crippen LogP contribution is -2.34. The van der Waals surface area contributed by atoms with Gasteiger partial charge in [0.15, 0.2) is 0 Å². The van der Waals surface area contributed by atoms with Crippen LogP contribution in [0.4, 0.5) is 0 Å². The maximum absolute atomic E-state index is 6.07. The fraction of sp³-hybridized carbons (Fsp3) is 0.278. The van der Waals surface area contributed by atoms with Gasteiger partial charge in [-0.15, -0.1) is 0 Å². The number of hydrogen-bond donors (Lipinski definition) is 0. The molecule has 2 aromatic heterocycles. The number of aryl methyl sites for hydroxylation is 2. The Labute approximate surface area is 125 Å². The van der Waals surface area contributed by atoms with E-state index in [1.807, 2.05) is 30.3 Å². The number of aromatic nitrogens is 2. The first kappa shape index (κ1) is 13.7. The molecule has 108 valence electrons. The molecule has 0 aliphatic rings. The van der Waals surface area contributed by atoms with Crippen molar-refractivity contribution in [2.24, 2.45) is 0 Å². The van der Waals surface area contributed by atoms with Crippen molar-refractivity contribution < 1.29 is 9.30 Å². The van der Waals surface area contributed by atoms with Crippen molar-refractivity contribution in [3.63, 3.8) is 0 Å². The van der Waals surface area contributed by atoms with Gasteiger partial charge in [0.2, 0.25) is 5.75 Å². The maximum Gasteiger partial charge on any atom is 0.329 e. The number of rotatable bonds is 4. The standard InChI is InChI=1S/C18H21N2O/c1-4-19-14(2)15(3)20-12-8-11-17(18(19)20)21-13-16-9-6-5-7-10-16/h5-12H,4,13H2,1-3H3/q+1. The molecule has 0 radical (unpaired) electrons. The molecule has 0 N–H and O–H groups in total. The largest absolute Gasteiger partial charge is 0.481 e. The van der Waals surface area contributed by atoms with Gasteiger partial charge in [0.25, 0.3) is 0 Å². The molecule has 0 fully saturated rings. The van der Waals surface area contributed by atoms with E-state index in [4.69, 9.17) is 4.74 Å². The van der Waals surface area contributed by atoms with E-state index in [0.29, 0.717) is 6.61 Å². The van der Waals surface area contributed by atoms with E-state index >= 15 is 0 Å². The molecule has 0 aliphatic heterocycles. The van der Waals surface area contributed by atoms with Crippen molar-refractivity contribution in [1.82, 2.24) is 4.40 Å². The number of hydrogen-bond acceptors (Lipinski definition) is 1. The summed E-state index contributed by atoms with van der Waals surface area (Å²) in [4.78, 5) is 0. The van der Waals surface area contributed by atoms with Gasteiger partial charge >= 0.3 is 5.65 Å². The number of benzene rings is 1. The Hall–Kier alpha value is -2.29. The molecule has 0 saturated carbocycles. The molecule has 3 nitrogen and oxygen atoms in total. The van der Waals surface area contributed by atoms with E-state index in [-0.39, 0.29) is 0 Å².